The molecule has 190 valence electrons. The monoisotopic (exact) mass is 531 g/mol. The molecule has 0 aliphatic carbocycles. The lowest BCUT2D eigenvalue weighted by Gasteiger charge is -2.20. The Hall–Kier alpha value is -3.62. The van der Waals surface area contributed by atoms with Crippen molar-refractivity contribution in [1.29, 1.82) is 0 Å². The van der Waals surface area contributed by atoms with E-state index in [1.54, 1.807) is 25.1 Å². The Morgan fingerprint density at radius 1 is 1.08 bits per heavy atom. The summed E-state index contributed by atoms with van der Waals surface area (Å²) in [6.45, 7) is 4.98. The Bertz CT molecular complexity index is 1450. The van der Waals surface area contributed by atoms with Crippen LogP contribution in [0.5, 0.6) is 11.5 Å². The highest BCUT2D eigenvalue weighted by atomic mass is 32.2. The summed E-state index contributed by atoms with van der Waals surface area (Å²) in [5.41, 5.74) is 1.93. The van der Waals surface area contributed by atoms with Gasteiger partial charge in [-0.05, 0) is 38.5 Å². The molecule has 14 heteroatoms. The van der Waals surface area contributed by atoms with E-state index >= 15 is 0 Å². The maximum absolute atomic E-state index is 13.3. The second kappa shape index (κ2) is 10.2. The van der Waals surface area contributed by atoms with Gasteiger partial charge >= 0.3 is 0 Å². The molecular weight excluding hydrogens is 506 g/mol. The van der Waals surface area contributed by atoms with Crippen molar-refractivity contribution < 1.29 is 23.0 Å². The molecule has 0 unspecified atom stereocenters. The summed E-state index contributed by atoms with van der Waals surface area (Å²) in [4.78, 5) is 12.6. The summed E-state index contributed by atoms with van der Waals surface area (Å²) >= 11 is 1.33. The Morgan fingerprint density at radius 2 is 1.72 bits per heavy atom. The van der Waals surface area contributed by atoms with Crippen molar-refractivity contribution in [2.45, 2.75) is 32.1 Å². The number of methoxy groups -OCH3 is 2. The number of hydrogen-bond donors (Lipinski definition) is 2. The molecule has 0 saturated carbocycles. The minimum absolute atomic E-state index is 0.00899. The van der Waals surface area contributed by atoms with Crippen molar-refractivity contribution in [3.8, 4) is 28.0 Å². The number of aryl methyl sites for hydroxylation is 2. The Balaban J connectivity index is 1.81. The molecule has 0 spiro atoms. The Morgan fingerprint density at radius 3 is 2.28 bits per heavy atom. The highest BCUT2D eigenvalue weighted by Gasteiger charge is 2.34. The van der Waals surface area contributed by atoms with Crippen molar-refractivity contribution in [2.24, 2.45) is 0 Å². The summed E-state index contributed by atoms with van der Waals surface area (Å²) in [5.74, 6) is 0.925. The van der Waals surface area contributed by atoms with Gasteiger partial charge in [0, 0.05) is 23.5 Å². The second-order valence-electron chi connectivity index (χ2n) is 7.90. The SMILES string of the molecule is COc1cccc(OC)c1-n1c(NS(=O)(=O)[C@H](C)[C@H](O)c2ncc(C)cn2)nnc1-c1nc(C)cs1. The average Bonchev–Trinajstić information content (AvgIpc) is 3.48. The van der Waals surface area contributed by atoms with Crippen molar-refractivity contribution in [3.05, 3.63) is 53.1 Å². The molecular formula is C22H25N7O5S2. The molecule has 4 aromatic rings. The number of aliphatic hydroxyl groups is 1. The van der Waals surface area contributed by atoms with Crippen LogP contribution in [0.2, 0.25) is 0 Å². The lowest BCUT2D eigenvalue weighted by Crippen LogP contribution is -2.32. The van der Waals surface area contributed by atoms with Gasteiger partial charge in [-0.1, -0.05) is 6.07 Å². The van der Waals surface area contributed by atoms with Gasteiger partial charge in [0.25, 0.3) is 0 Å². The summed E-state index contributed by atoms with van der Waals surface area (Å²) < 4.78 is 41.7. The zero-order chi connectivity index (χ0) is 26.0. The third-order valence-corrected chi connectivity index (χ3v) is 7.99. The molecule has 12 nitrogen and oxygen atoms in total. The van der Waals surface area contributed by atoms with Crippen molar-refractivity contribution in [1.82, 2.24) is 29.7 Å². The van der Waals surface area contributed by atoms with Gasteiger partial charge in [-0.2, -0.15) is 0 Å². The van der Waals surface area contributed by atoms with Gasteiger partial charge in [-0.15, -0.1) is 21.5 Å². The third-order valence-electron chi connectivity index (χ3n) is 5.33. The lowest BCUT2D eigenvalue weighted by molar-refractivity contribution is 0.166. The minimum atomic E-state index is -4.21. The van der Waals surface area contributed by atoms with Crippen LogP contribution in [0.1, 0.15) is 30.1 Å². The maximum atomic E-state index is 13.3. The number of hydrogen-bond acceptors (Lipinski definition) is 11. The van der Waals surface area contributed by atoms with Gasteiger partial charge in [0.05, 0.1) is 14.2 Å². The van der Waals surface area contributed by atoms with Crippen LogP contribution in [0, 0.1) is 13.8 Å². The molecule has 0 amide bonds. The van der Waals surface area contributed by atoms with E-state index in [0.717, 1.165) is 11.3 Å². The molecule has 0 bridgehead atoms. The summed E-state index contributed by atoms with van der Waals surface area (Å²) in [5, 5.41) is 20.1. The fraction of sp³-hybridized carbons (Fsp3) is 0.318. The van der Waals surface area contributed by atoms with Crippen molar-refractivity contribution >= 4 is 27.3 Å². The molecule has 3 aromatic heterocycles. The van der Waals surface area contributed by atoms with E-state index < -0.39 is 21.4 Å². The zero-order valence-corrected chi connectivity index (χ0v) is 21.8. The summed E-state index contributed by atoms with van der Waals surface area (Å²) in [7, 11) is -1.23. The number of aromatic nitrogens is 6. The number of sulfonamides is 1. The number of aliphatic hydroxyl groups excluding tert-OH is 1. The van der Waals surface area contributed by atoms with E-state index in [-0.39, 0.29) is 17.6 Å². The van der Waals surface area contributed by atoms with E-state index in [1.807, 2.05) is 12.3 Å². The van der Waals surface area contributed by atoms with E-state index in [1.165, 1.54) is 49.4 Å². The maximum Gasteiger partial charge on any atom is 0.243 e. The first-order valence-electron chi connectivity index (χ1n) is 10.7. The van der Waals surface area contributed by atoms with Crippen molar-refractivity contribution in [3.63, 3.8) is 0 Å². The molecule has 4 rings (SSSR count). The van der Waals surface area contributed by atoms with Crippen LogP contribution < -0.4 is 14.2 Å². The predicted molar refractivity (Wildman–Crippen MR) is 134 cm³/mol. The number of ether oxygens (including phenoxy) is 2. The number of para-hydroxylation sites is 1. The quantitative estimate of drug-likeness (QED) is 0.329. The number of thiazole rings is 1. The average molecular weight is 532 g/mol. The second-order valence-corrected chi connectivity index (χ2v) is 10.8. The number of anilines is 1. The predicted octanol–water partition coefficient (Wildman–Crippen LogP) is 2.68. The van der Waals surface area contributed by atoms with Crippen molar-refractivity contribution in [2.75, 3.05) is 18.9 Å². The van der Waals surface area contributed by atoms with Crippen LogP contribution in [0.3, 0.4) is 0 Å². The van der Waals surface area contributed by atoms with Gasteiger partial charge in [0.15, 0.2) is 16.7 Å². The number of nitrogens with one attached hydrogen (secondary N) is 1. The van der Waals surface area contributed by atoms with Crippen LogP contribution >= 0.6 is 11.3 Å². The molecule has 0 aliphatic rings. The standard InChI is InChI=1S/C22H25N7O5S2/c1-12-9-23-19(24-10-12)18(30)14(3)36(31,32)28-22-27-26-20(21-25-13(2)11-35-21)29(22)17-15(33-4)7-6-8-16(17)34-5/h6-11,14,18,30H,1-5H3,(H,27,28)/t14-,18+/m1/s1. The molecule has 2 N–H and O–H groups in total. The molecule has 2 atom stereocenters. The van der Waals surface area contributed by atoms with Gasteiger partial charge < -0.3 is 14.6 Å². The number of rotatable bonds is 9. The number of benzene rings is 1. The first-order valence-corrected chi connectivity index (χ1v) is 13.2. The first-order chi connectivity index (χ1) is 17.2. The molecule has 0 saturated heterocycles. The Labute approximate surface area is 212 Å². The lowest BCUT2D eigenvalue weighted by atomic mass is 10.2. The largest absolute Gasteiger partial charge is 0.494 e. The van der Waals surface area contributed by atoms with Crippen LogP contribution in [-0.4, -0.2) is 62.7 Å². The highest BCUT2D eigenvalue weighted by Crippen LogP contribution is 2.38. The molecule has 36 heavy (non-hydrogen) atoms. The molecule has 1 aromatic carbocycles. The fourth-order valence-corrected chi connectivity index (χ4v) is 5.17. The topological polar surface area (TPSA) is 154 Å². The summed E-state index contributed by atoms with van der Waals surface area (Å²) in [6.07, 6.45) is 1.53. The van der Waals surface area contributed by atoms with Gasteiger partial charge in [-0.25, -0.2) is 23.4 Å². The van der Waals surface area contributed by atoms with Gasteiger partial charge in [0.2, 0.25) is 16.0 Å². The van der Waals surface area contributed by atoms with Gasteiger partial charge in [0.1, 0.15) is 28.5 Å². The normalized spacial score (nSPS) is 13.3. The fourth-order valence-electron chi connectivity index (χ4n) is 3.36. The van der Waals surface area contributed by atoms with E-state index in [0.29, 0.717) is 22.2 Å². The Kier molecular flexibility index (Phi) is 7.19. The first kappa shape index (κ1) is 25.5. The van der Waals surface area contributed by atoms with E-state index in [2.05, 4.69) is 29.9 Å². The van der Waals surface area contributed by atoms with Crippen LogP contribution in [-0.2, 0) is 10.0 Å². The van der Waals surface area contributed by atoms with Crippen LogP contribution in [0.15, 0.2) is 36.0 Å². The minimum Gasteiger partial charge on any atom is -0.494 e. The highest BCUT2D eigenvalue weighted by molar-refractivity contribution is 7.93. The zero-order valence-electron chi connectivity index (χ0n) is 20.2. The smallest absolute Gasteiger partial charge is 0.243 e. The van der Waals surface area contributed by atoms with Crippen LogP contribution in [0.25, 0.3) is 16.5 Å². The third kappa shape index (κ3) is 4.87. The van der Waals surface area contributed by atoms with E-state index in [4.69, 9.17) is 9.47 Å². The molecule has 3 heterocycles. The number of nitrogens with zero attached hydrogens (tertiary/aromatic N) is 6. The van der Waals surface area contributed by atoms with E-state index in [9.17, 15) is 13.5 Å². The van der Waals surface area contributed by atoms with Gasteiger partial charge in [-0.3, -0.25) is 9.29 Å². The molecule has 0 radical (unpaired) electrons. The molecule has 0 aliphatic heterocycles. The molecule has 0 fully saturated rings. The summed E-state index contributed by atoms with van der Waals surface area (Å²) in [6, 6.07) is 5.14. The van der Waals surface area contributed by atoms with Crippen LogP contribution in [0.4, 0.5) is 5.95 Å².